The van der Waals surface area contributed by atoms with Gasteiger partial charge in [0, 0.05) is 43.0 Å². The van der Waals surface area contributed by atoms with Crippen molar-refractivity contribution < 1.29 is 22.8 Å². The second-order valence-corrected chi connectivity index (χ2v) is 9.37. The van der Waals surface area contributed by atoms with Gasteiger partial charge in [0.15, 0.2) is 0 Å². The molecule has 0 radical (unpaired) electrons. The normalized spacial score (nSPS) is 20.7. The third-order valence-electron chi connectivity index (χ3n) is 6.65. The van der Waals surface area contributed by atoms with Gasteiger partial charge in [0.25, 0.3) is 11.5 Å². The lowest BCUT2D eigenvalue weighted by atomic mass is 9.88. The number of nitrogens with one attached hydrogen (secondary N) is 2. The fourth-order valence-corrected chi connectivity index (χ4v) is 4.91. The third kappa shape index (κ3) is 5.87. The first-order valence-electron chi connectivity index (χ1n) is 11.5. The number of nitrogens with zero attached hydrogens (tertiary/aromatic N) is 2. The van der Waals surface area contributed by atoms with Gasteiger partial charge in [-0.05, 0) is 49.9 Å². The Hall–Kier alpha value is -2.85. The second kappa shape index (κ2) is 10.4. The van der Waals surface area contributed by atoms with Crippen LogP contribution in [0.15, 0.2) is 47.4 Å². The van der Waals surface area contributed by atoms with Gasteiger partial charge in [-0.2, -0.15) is 13.2 Å². The average molecular weight is 511 g/mol. The number of aromatic nitrogens is 1. The van der Waals surface area contributed by atoms with Gasteiger partial charge in [-0.15, -0.1) is 0 Å². The zero-order valence-corrected chi connectivity index (χ0v) is 19.6. The van der Waals surface area contributed by atoms with E-state index in [1.54, 1.807) is 21.7 Å². The Balaban J connectivity index is 1.38. The molecule has 1 aliphatic heterocycles. The van der Waals surface area contributed by atoms with E-state index in [4.69, 9.17) is 11.6 Å². The number of benzene rings is 1. The summed E-state index contributed by atoms with van der Waals surface area (Å²) in [6, 6.07) is 7.04. The van der Waals surface area contributed by atoms with E-state index in [0.717, 1.165) is 18.2 Å². The number of alkyl halides is 3. The van der Waals surface area contributed by atoms with Crippen molar-refractivity contribution in [2.45, 2.75) is 50.0 Å². The predicted molar refractivity (Wildman–Crippen MR) is 124 cm³/mol. The Bertz CT molecular complexity index is 1140. The van der Waals surface area contributed by atoms with Gasteiger partial charge in [0.1, 0.15) is 0 Å². The lowest BCUT2D eigenvalue weighted by Gasteiger charge is -2.45. The molecule has 0 unspecified atom stereocenters. The number of rotatable bonds is 6. The van der Waals surface area contributed by atoms with Crippen molar-refractivity contribution in [1.29, 1.82) is 0 Å². The zero-order valence-electron chi connectivity index (χ0n) is 18.9. The fraction of sp³-hybridized carbons (Fsp3) is 0.458. The van der Waals surface area contributed by atoms with E-state index in [1.165, 1.54) is 12.1 Å². The van der Waals surface area contributed by atoms with E-state index in [-0.39, 0.29) is 41.7 Å². The molecule has 1 aliphatic carbocycles. The van der Waals surface area contributed by atoms with Gasteiger partial charge in [0.05, 0.1) is 23.2 Å². The Morgan fingerprint density at radius 1 is 1.09 bits per heavy atom. The number of hydrogen-bond donors (Lipinski definition) is 2. The number of carbonyl (C=O) groups is 2. The number of pyridine rings is 1. The largest absolute Gasteiger partial charge is 0.416 e. The molecule has 2 heterocycles. The van der Waals surface area contributed by atoms with Crippen molar-refractivity contribution in [2.75, 3.05) is 19.6 Å². The molecule has 11 heteroatoms. The highest BCUT2D eigenvalue weighted by Crippen LogP contribution is 2.32. The Labute approximate surface area is 205 Å². The van der Waals surface area contributed by atoms with Crippen molar-refractivity contribution >= 4 is 23.4 Å². The summed E-state index contributed by atoms with van der Waals surface area (Å²) in [4.78, 5) is 39.6. The van der Waals surface area contributed by atoms with E-state index in [9.17, 15) is 27.6 Å². The van der Waals surface area contributed by atoms with E-state index in [1.807, 2.05) is 0 Å². The summed E-state index contributed by atoms with van der Waals surface area (Å²) < 4.78 is 40.5. The number of halogens is 4. The van der Waals surface area contributed by atoms with Crippen molar-refractivity contribution in [2.24, 2.45) is 0 Å². The van der Waals surface area contributed by atoms with Crippen molar-refractivity contribution in [3.05, 3.63) is 69.1 Å². The van der Waals surface area contributed by atoms with Crippen LogP contribution in [0.1, 0.15) is 47.6 Å². The first-order chi connectivity index (χ1) is 16.6. The Kier molecular flexibility index (Phi) is 7.51. The Morgan fingerprint density at radius 2 is 1.80 bits per heavy atom. The molecule has 1 aromatic heterocycles. The van der Waals surface area contributed by atoms with Crippen LogP contribution in [-0.4, -0.2) is 53.0 Å². The summed E-state index contributed by atoms with van der Waals surface area (Å²) >= 11 is 6.05. The van der Waals surface area contributed by atoms with Gasteiger partial charge in [-0.3, -0.25) is 14.4 Å². The van der Waals surface area contributed by atoms with Crippen LogP contribution in [0.25, 0.3) is 0 Å². The van der Waals surface area contributed by atoms with E-state index in [0.29, 0.717) is 43.8 Å². The molecule has 2 aromatic rings. The van der Waals surface area contributed by atoms with Crippen LogP contribution in [0, 0.1) is 0 Å². The number of hydrogen-bond acceptors (Lipinski definition) is 4. The molecule has 35 heavy (non-hydrogen) atoms. The molecule has 1 aromatic carbocycles. The first-order valence-corrected chi connectivity index (χ1v) is 11.9. The van der Waals surface area contributed by atoms with Crippen LogP contribution in [0.3, 0.4) is 0 Å². The highest BCUT2D eigenvalue weighted by atomic mass is 35.5. The second-order valence-electron chi connectivity index (χ2n) is 8.93. The maximum Gasteiger partial charge on any atom is 0.416 e. The smallest absolute Gasteiger partial charge is 0.343 e. The fourth-order valence-electron chi connectivity index (χ4n) is 4.74. The molecule has 0 spiro atoms. The van der Waals surface area contributed by atoms with Crippen LogP contribution in [0.5, 0.6) is 0 Å². The predicted octanol–water partition coefficient (Wildman–Crippen LogP) is 3.23. The third-order valence-corrected chi connectivity index (χ3v) is 6.87. The minimum absolute atomic E-state index is 0.00507. The van der Waals surface area contributed by atoms with Crippen LogP contribution in [-0.2, 0) is 11.0 Å². The summed E-state index contributed by atoms with van der Waals surface area (Å²) in [6.45, 7) is 0.973. The monoisotopic (exact) mass is 510 g/mol. The summed E-state index contributed by atoms with van der Waals surface area (Å²) in [6.07, 6.45) is -0.149. The highest BCUT2D eigenvalue weighted by Gasteiger charge is 2.37. The molecular weight excluding hydrogens is 485 g/mol. The van der Waals surface area contributed by atoms with E-state index >= 15 is 0 Å². The van der Waals surface area contributed by atoms with E-state index < -0.39 is 17.6 Å². The minimum atomic E-state index is -4.56. The summed E-state index contributed by atoms with van der Waals surface area (Å²) in [5, 5.41) is 6.10. The van der Waals surface area contributed by atoms with Crippen LogP contribution in [0.4, 0.5) is 13.2 Å². The molecule has 7 nitrogen and oxygen atoms in total. The molecule has 0 bridgehead atoms. The number of carbonyl (C=O) groups excluding carboxylic acids is 2. The molecular formula is C24H26ClF3N4O3. The van der Waals surface area contributed by atoms with E-state index in [2.05, 4.69) is 10.6 Å². The quantitative estimate of drug-likeness (QED) is 0.625. The SMILES string of the molecule is O=C(NCC(=O)N(C1CCC(n2cc(Cl)ccc2=O)CC1)C1CNC1)c1cccc(C(F)(F)F)c1. The molecule has 2 amide bonds. The number of amides is 2. The first kappa shape index (κ1) is 25.2. The molecule has 2 fully saturated rings. The van der Waals surface area contributed by atoms with Gasteiger partial charge in [0.2, 0.25) is 5.91 Å². The highest BCUT2D eigenvalue weighted by molar-refractivity contribution is 6.30. The molecule has 4 rings (SSSR count). The molecule has 188 valence electrons. The lowest BCUT2D eigenvalue weighted by molar-refractivity contribution is -0.138. The van der Waals surface area contributed by atoms with Crippen molar-refractivity contribution in [3.8, 4) is 0 Å². The summed E-state index contributed by atoms with van der Waals surface area (Å²) in [5.74, 6) is -1.01. The maximum atomic E-state index is 13.1. The van der Waals surface area contributed by atoms with Crippen LogP contribution in [0.2, 0.25) is 5.02 Å². The van der Waals surface area contributed by atoms with Gasteiger partial charge in [-0.25, -0.2) is 0 Å². The molecule has 2 N–H and O–H groups in total. The standard InChI is InChI=1S/C24H26ClF3N4O3/c25-17-4-9-21(33)31(14-17)18-5-7-19(8-6-18)32(20-11-29-12-20)22(34)13-30-23(35)15-2-1-3-16(10-15)24(26,27)28/h1-4,9-10,14,18-20,29H,5-8,11-13H2,(H,30,35). The van der Waals surface area contributed by atoms with Gasteiger partial charge in [-0.1, -0.05) is 17.7 Å². The van der Waals surface area contributed by atoms with Crippen molar-refractivity contribution in [3.63, 3.8) is 0 Å². The molecule has 1 saturated heterocycles. The molecule has 0 atom stereocenters. The maximum absolute atomic E-state index is 13.1. The van der Waals surface area contributed by atoms with Gasteiger partial charge >= 0.3 is 6.18 Å². The summed E-state index contributed by atoms with van der Waals surface area (Å²) in [5.41, 5.74) is -1.20. The molecule has 1 saturated carbocycles. The summed E-state index contributed by atoms with van der Waals surface area (Å²) in [7, 11) is 0. The lowest BCUT2D eigenvalue weighted by Crippen LogP contribution is -2.63. The van der Waals surface area contributed by atoms with Crippen LogP contribution >= 0.6 is 11.6 Å². The van der Waals surface area contributed by atoms with Crippen molar-refractivity contribution in [1.82, 2.24) is 20.1 Å². The minimum Gasteiger partial charge on any atom is -0.343 e. The van der Waals surface area contributed by atoms with Gasteiger partial charge < -0.3 is 20.1 Å². The average Bonchev–Trinajstić information content (AvgIpc) is 2.81. The van der Waals surface area contributed by atoms with Crippen LogP contribution < -0.4 is 16.2 Å². The topological polar surface area (TPSA) is 83.4 Å². The molecule has 2 aliphatic rings. The zero-order chi connectivity index (χ0) is 25.2. The Morgan fingerprint density at radius 3 is 2.43 bits per heavy atom.